The molecule has 0 spiro atoms. The van der Waals surface area contributed by atoms with Gasteiger partial charge in [0, 0.05) is 28.3 Å². The summed E-state index contributed by atoms with van der Waals surface area (Å²) in [6.07, 6.45) is 1.82. The number of hydrogen-bond acceptors (Lipinski definition) is 3. The van der Waals surface area contributed by atoms with Gasteiger partial charge >= 0.3 is 0 Å². The molecule has 0 saturated carbocycles. The molecule has 1 fully saturated rings. The first-order valence-electron chi connectivity index (χ1n) is 11.1. The Kier molecular flexibility index (Phi) is 6.02. The smallest absolute Gasteiger partial charge is 0.174 e. The van der Waals surface area contributed by atoms with Gasteiger partial charge in [0.15, 0.2) is 5.11 Å². The molecule has 1 saturated heterocycles. The fourth-order valence-electron chi connectivity index (χ4n) is 4.83. The van der Waals surface area contributed by atoms with Gasteiger partial charge in [0.25, 0.3) is 0 Å². The second-order valence-electron chi connectivity index (χ2n) is 8.31. The number of pyridine rings is 1. The maximum absolute atomic E-state index is 6.15. The van der Waals surface area contributed by atoms with Gasteiger partial charge in [-0.3, -0.25) is 4.98 Å². The van der Waals surface area contributed by atoms with E-state index in [2.05, 4.69) is 39.7 Å². The number of para-hydroxylation sites is 2. The van der Waals surface area contributed by atoms with Gasteiger partial charge in [0.2, 0.25) is 0 Å². The summed E-state index contributed by atoms with van der Waals surface area (Å²) in [6.45, 7) is 4.27. The molecule has 0 amide bonds. The number of methoxy groups -OCH3 is 1. The molecule has 172 valence electrons. The molecule has 1 aliphatic heterocycles. The van der Waals surface area contributed by atoms with Crippen LogP contribution in [0.2, 0.25) is 5.02 Å². The number of halogens is 1. The number of hydrogen-bond donors (Lipinski definition) is 1. The largest absolute Gasteiger partial charge is 0.495 e. The third-order valence-electron chi connectivity index (χ3n) is 6.32. The Labute approximate surface area is 210 Å². The lowest BCUT2D eigenvalue weighted by Gasteiger charge is -2.29. The van der Waals surface area contributed by atoms with Gasteiger partial charge in [-0.25, -0.2) is 0 Å². The van der Waals surface area contributed by atoms with Crippen molar-refractivity contribution in [2.45, 2.75) is 25.9 Å². The lowest BCUT2D eigenvalue weighted by molar-refractivity contribution is 0.414. The van der Waals surface area contributed by atoms with E-state index in [-0.39, 0.29) is 12.1 Å². The van der Waals surface area contributed by atoms with Gasteiger partial charge in [0.1, 0.15) is 5.75 Å². The van der Waals surface area contributed by atoms with Crippen molar-refractivity contribution in [3.63, 3.8) is 0 Å². The lowest BCUT2D eigenvalue weighted by atomic mass is 9.96. The summed E-state index contributed by atoms with van der Waals surface area (Å²) >= 11 is 12.0. The number of ether oxygens (including phenoxy) is 1. The quantitative estimate of drug-likeness (QED) is 0.332. The van der Waals surface area contributed by atoms with Crippen molar-refractivity contribution in [1.29, 1.82) is 0 Å². The number of rotatable bonds is 5. The average Bonchev–Trinajstić information content (AvgIpc) is 3.35. The Morgan fingerprint density at radius 2 is 1.74 bits per heavy atom. The zero-order valence-electron chi connectivity index (χ0n) is 19.2. The maximum Gasteiger partial charge on any atom is 0.174 e. The van der Waals surface area contributed by atoms with Crippen LogP contribution in [0.4, 0.5) is 5.69 Å². The van der Waals surface area contributed by atoms with Crippen molar-refractivity contribution in [3.8, 4) is 11.4 Å². The van der Waals surface area contributed by atoms with Crippen molar-refractivity contribution >= 4 is 34.6 Å². The highest BCUT2D eigenvalue weighted by Gasteiger charge is 2.43. The molecule has 2 aromatic carbocycles. The van der Waals surface area contributed by atoms with Crippen LogP contribution < -0.4 is 15.0 Å². The van der Waals surface area contributed by atoms with Crippen molar-refractivity contribution in [3.05, 3.63) is 107 Å². The number of thiocarbonyl (C=S) groups is 1. The SMILES string of the molecule is COc1ccccc1N1C(=S)N[C@H](c2ccccn2)[C@@H]1c1cc(C)n(-c2ccc(Cl)cc2)c1C. The van der Waals surface area contributed by atoms with E-state index in [1.807, 2.05) is 72.9 Å². The number of nitrogens with one attached hydrogen (secondary N) is 1. The molecule has 7 heteroatoms. The second-order valence-corrected chi connectivity index (χ2v) is 9.13. The standard InChI is InChI=1S/C27H25ClN4OS/c1-17-16-21(18(2)31(17)20-13-11-19(28)12-14-20)26-25(22-8-6-7-15-29-22)30-27(34)32(26)23-9-4-5-10-24(23)33-3/h4-16,25-26H,1-3H3,(H,30,34)/t25-,26+/m1/s1. The van der Waals surface area contributed by atoms with Crippen molar-refractivity contribution in [1.82, 2.24) is 14.9 Å². The zero-order chi connectivity index (χ0) is 23.8. The Morgan fingerprint density at radius 3 is 2.44 bits per heavy atom. The number of aryl methyl sites for hydroxylation is 1. The molecule has 3 heterocycles. The van der Waals surface area contributed by atoms with Crippen molar-refractivity contribution in [2.75, 3.05) is 12.0 Å². The van der Waals surface area contributed by atoms with E-state index >= 15 is 0 Å². The second kappa shape index (κ2) is 9.12. The summed E-state index contributed by atoms with van der Waals surface area (Å²) in [5.41, 5.74) is 6.36. The molecule has 0 radical (unpaired) electrons. The average molecular weight is 489 g/mol. The molecule has 4 aromatic rings. The van der Waals surface area contributed by atoms with Crippen molar-refractivity contribution in [2.24, 2.45) is 0 Å². The van der Waals surface area contributed by atoms with E-state index in [1.54, 1.807) is 7.11 Å². The van der Waals surface area contributed by atoms with E-state index in [1.165, 1.54) is 5.56 Å². The predicted molar refractivity (Wildman–Crippen MR) is 141 cm³/mol. The molecule has 0 aliphatic carbocycles. The molecular formula is C27H25ClN4OS. The zero-order valence-corrected chi connectivity index (χ0v) is 20.8. The van der Waals surface area contributed by atoms with Gasteiger partial charge in [-0.2, -0.15) is 0 Å². The van der Waals surface area contributed by atoms with Gasteiger partial charge in [-0.05, 0) is 86.2 Å². The maximum atomic E-state index is 6.15. The minimum Gasteiger partial charge on any atom is -0.495 e. The van der Waals surface area contributed by atoms with Gasteiger partial charge in [-0.1, -0.05) is 29.8 Å². The first kappa shape index (κ1) is 22.4. The molecule has 1 N–H and O–H groups in total. The van der Waals surface area contributed by atoms with Gasteiger partial charge in [0.05, 0.1) is 30.6 Å². The number of aromatic nitrogens is 2. The Balaban J connectivity index is 1.70. The molecule has 1 aliphatic rings. The molecule has 5 rings (SSSR count). The predicted octanol–water partition coefficient (Wildman–Crippen LogP) is 6.33. The first-order chi connectivity index (χ1) is 16.5. The lowest BCUT2D eigenvalue weighted by Crippen LogP contribution is -2.30. The molecule has 34 heavy (non-hydrogen) atoms. The van der Waals surface area contributed by atoms with E-state index in [9.17, 15) is 0 Å². The monoisotopic (exact) mass is 488 g/mol. The fourth-order valence-corrected chi connectivity index (χ4v) is 5.30. The van der Waals surface area contributed by atoms with E-state index in [4.69, 9.17) is 28.6 Å². The van der Waals surface area contributed by atoms with Gasteiger partial charge in [-0.15, -0.1) is 0 Å². The molecular weight excluding hydrogens is 464 g/mol. The summed E-state index contributed by atoms with van der Waals surface area (Å²) in [5, 5.41) is 4.89. The molecule has 0 bridgehead atoms. The highest BCUT2D eigenvalue weighted by molar-refractivity contribution is 7.80. The van der Waals surface area contributed by atoms with E-state index in [0.29, 0.717) is 10.1 Å². The highest BCUT2D eigenvalue weighted by atomic mass is 35.5. The Morgan fingerprint density at radius 1 is 1.00 bits per heavy atom. The van der Waals surface area contributed by atoms with E-state index < -0.39 is 0 Å². The van der Waals surface area contributed by atoms with Crippen LogP contribution in [-0.2, 0) is 0 Å². The Bertz CT molecular complexity index is 1340. The number of nitrogens with zero attached hydrogens (tertiary/aromatic N) is 3. The summed E-state index contributed by atoms with van der Waals surface area (Å²) in [6, 6.07) is 23.8. The minimum atomic E-state index is -0.127. The summed E-state index contributed by atoms with van der Waals surface area (Å²) in [7, 11) is 1.68. The third-order valence-corrected chi connectivity index (χ3v) is 6.88. The van der Waals surface area contributed by atoms with E-state index in [0.717, 1.165) is 34.2 Å². The van der Waals surface area contributed by atoms with Crippen LogP contribution in [0, 0.1) is 13.8 Å². The molecule has 2 aromatic heterocycles. The molecule has 0 unspecified atom stereocenters. The topological polar surface area (TPSA) is 42.3 Å². The summed E-state index contributed by atoms with van der Waals surface area (Å²) in [4.78, 5) is 6.82. The van der Waals surface area contributed by atoms with Crippen LogP contribution in [-0.4, -0.2) is 21.8 Å². The van der Waals surface area contributed by atoms with Crippen LogP contribution in [0.15, 0.2) is 79.0 Å². The summed E-state index contributed by atoms with van der Waals surface area (Å²) in [5.74, 6) is 0.768. The van der Waals surface area contributed by atoms with Gasteiger partial charge < -0.3 is 19.5 Å². The minimum absolute atomic E-state index is 0.119. The number of benzene rings is 2. The van der Waals surface area contributed by atoms with Crippen LogP contribution in [0.3, 0.4) is 0 Å². The molecule has 2 atom stereocenters. The Hall–Kier alpha value is -3.35. The van der Waals surface area contributed by atoms with Crippen LogP contribution in [0.5, 0.6) is 5.75 Å². The van der Waals surface area contributed by atoms with Crippen LogP contribution in [0.1, 0.15) is 34.7 Å². The van der Waals surface area contributed by atoms with Crippen LogP contribution in [0.25, 0.3) is 5.69 Å². The third kappa shape index (κ3) is 3.83. The fraction of sp³-hybridized carbons (Fsp3) is 0.185. The number of anilines is 1. The molecule has 5 nitrogen and oxygen atoms in total. The van der Waals surface area contributed by atoms with Crippen molar-refractivity contribution < 1.29 is 4.74 Å². The highest BCUT2D eigenvalue weighted by Crippen LogP contribution is 2.46. The van der Waals surface area contributed by atoms with Crippen LogP contribution >= 0.6 is 23.8 Å². The first-order valence-corrected chi connectivity index (χ1v) is 11.9. The summed E-state index contributed by atoms with van der Waals surface area (Å²) < 4.78 is 7.96. The normalized spacial score (nSPS) is 17.6.